The molecule has 2 unspecified atom stereocenters. The molecule has 1 saturated heterocycles. The van der Waals surface area contributed by atoms with E-state index in [1.54, 1.807) is 0 Å². The number of nitrogens with zero attached hydrogens (tertiary/aromatic N) is 1. The molecule has 3 nitrogen and oxygen atoms in total. The average Bonchev–Trinajstić information content (AvgIpc) is 2.76. The van der Waals surface area contributed by atoms with Crippen molar-refractivity contribution >= 4 is 17.7 Å². The molecule has 0 spiro atoms. The van der Waals surface area contributed by atoms with E-state index in [0.29, 0.717) is 18.4 Å². The fourth-order valence-electron chi connectivity index (χ4n) is 4.33. The Labute approximate surface area is 153 Å². The molecular weight excluding hydrogens is 334 g/mol. The van der Waals surface area contributed by atoms with Crippen LogP contribution < -0.4 is 0 Å². The second-order valence-electron chi connectivity index (χ2n) is 7.21. The molecule has 2 aromatic carbocycles. The molecule has 0 radical (unpaired) electrons. The molecule has 2 aromatic rings. The van der Waals surface area contributed by atoms with Gasteiger partial charge in [-0.25, -0.2) is 4.79 Å². The Balaban J connectivity index is 1.52. The van der Waals surface area contributed by atoms with Crippen molar-refractivity contribution in [3.8, 4) is 0 Å². The first-order valence-corrected chi connectivity index (χ1v) is 9.20. The molecule has 1 amide bonds. The van der Waals surface area contributed by atoms with Crippen molar-refractivity contribution in [3.63, 3.8) is 0 Å². The highest BCUT2D eigenvalue weighted by Gasteiger charge is 2.46. The number of likely N-dealkylation sites (tertiary alicyclic amines) is 1. The molecule has 3 atom stereocenters. The zero-order chi connectivity index (χ0) is 17.6. The molecule has 4 heteroatoms. The Morgan fingerprint density at radius 3 is 2.72 bits per heavy atom. The number of hydrogen-bond acceptors (Lipinski definition) is 2. The Morgan fingerprint density at radius 2 is 1.96 bits per heavy atom. The number of carbonyl (C=O) groups excluding carboxylic acids is 1. The van der Waals surface area contributed by atoms with Gasteiger partial charge in [0.1, 0.15) is 6.61 Å². The van der Waals surface area contributed by atoms with Crippen LogP contribution in [0.15, 0.2) is 42.5 Å². The fourth-order valence-corrected chi connectivity index (χ4v) is 4.51. The molecule has 25 heavy (non-hydrogen) atoms. The lowest BCUT2D eigenvalue weighted by molar-refractivity contribution is 0.0531. The monoisotopic (exact) mass is 355 g/mol. The highest BCUT2D eigenvalue weighted by molar-refractivity contribution is 6.30. The maximum absolute atomic E-state index is 12.7. The lowest BCUT2D eigenvalue weighted by Gasteiger charge is -2.37. The highest BCUT2D eigenvalue weighted by Crippen LogP contribution is 2.53. The van der Waals surface area contributed by atoms with Crippen molar-refractivity contribution in [2.45, 2.75) is 38.8 Å². The van der Waals surface area contributed by atoms with Gasteiger partial charge in [0, 0.05) is 11.6 Å². The number of benzene rings is 2. The minimum absolute atomic E-state index is 0.0676. The maximum Gasteiger partial charge on any atom is 0.410 e. The van der Waals surface area contributed by atoms with Crippen LogP contribution in [0.1, 0.15) is 47.6 Å². The van der Waals surface area contributed by atoms with Crippen molar-refractivity contribution in [2.24, 2.45) is 5.92 Å². The Bertz CT molecular complexity index is 802. The summed E-state index contributed by atoms with van der Waals surface area (Å²) in [6.45, 7) is 5.31. The number of halogens is 1. The van der Waals surface area contributed by atoms with Gasteiger partial charge in [0.05, 0.1) is 6.04 Å². The van der Waals surface area contributed by atoms with Crippen molar-refractivity contribution < 1.29 is 9.53 Å². The molecule has 2 aliphatic rings. The van der Waals surface area contributed by atoms with E-state index >= 15 is 0 Å². The topological polar surface area (TPSA) is 29.5 Å². The van der Waals surface area contributed by atoms with E-state index in [9.17, 15) is 4.79 Å². The molecule has 1 aliphatic carbocycles. The maximum atomic E-state index is 12.7. The summed E-state index contributed by atoms with van der Waals surface area (Å²) in [6, 6.07) is 14.2. The van der Waals surface area contributed by atoms with Crippen LogP contribution in [0.2, 0.25) is 5.02 Å². The van der Waals surface area contributed by atoms with Crippen molar-refractivity contribution in [1.82, 2.24) is 4.90 Å². The second-order valence-corrected chi connectivity index (χ2v) is 7.64. The second kappa shape index (κ2) is 6.38. The van der Waals surface area contributed by atoms with Gasteiger partial charge < -0.3 is 9.64 Å². The molecule has 0 saturated carbocycles. The minimum Gasteiger partial charge on any atom is -0.445 e. The van der Waals surface area contributed by atoms with Gasteiger partial charge in [-0.2, -0.15) is 0 Å². The molecule has 0 N–H and O–H groups in total. The summed E-state index contributed by atoms with van der Waals surface area (Å²) in [5.74, 6) is 0.910. The third-order valence-electron chi connectivity index (χ3n) is 5.63. The van der Waals surface area contributed by atoms with Crippen LogP contribution in [0.4, 0.5) is 4.79 Å². The molecule has 1 fully saturated rings. The molecule has 4 rings (SSSR count). The van der Waals surface area contributed by atoms with Gasteiger partial charge in [-0.05, 0) is 54.0 Å². The summed E-state index contributed by atoms with van der Waals surface area (Å²) in [6.07, 6.45) is 0.745. The van der Waals surface area contributed by atoms with Crippen LogP contribution in [-0.4, -0.2) is 17.5 Å². The zero-order valence-corrected chi connectivity index (χ0v) is 15.3. The van der Waals surface area contributed by atoms with Gasteiger partial charge in [0.25, 0.3) is 0 Å². The van der Waals surface area contributed by atoms with Gasteiger partial charge in [0.2, 0.25) is 0 Å². The Morgan fingerprint density at radius 1 is 1.20 bits per heavy atom. The van der Waals surface area contributed by atoms with Gasteiger partial charge >= 0.3 is 6.09 Å². The predicted molar refractivity (Wildman–Crippen MR) is 98.8 cm³/mol. The average molecular weight is 356 g/mol. The Hall–Kier alpha value is -2.00. The molecule has 130 valence electrons. The SMILES string of the molecule is Cc1ccc(COC(=O)N2CCC3c4ccc(Cl)cc4C2[C@H]3C)cc1. The van der Waals surface area contributed by atoms with E-state index in [1.165, 1.54) is 16.7 Å². The van der Waals surface area contributed by atoms with Crippen LogP contribution in [0.25, 0.3) is 0 Å². The number of ether oxygens (including phenoxy) is 1. The normalized spacial score (nSPS) is 24.1. The van der Waals surface area contributed by atoms with Crippen LogP contribution in [0, 0.1) is 12.8 Å². The summed E-state index contributed by atoms with van der Waals surface area (Å²) < 4.78 is 5.61. The van der Waals surface area contributed by atoms with Crippen molar-refractivity contribution in [2.75, 3.05) is 6.54 Å². The third kappa shape index (κ3) is 2.91. The lowest BCUT2D eigenvalue weighted by Crippen LogP contribution is -2.41. The number of carbonyl (C=O) groups is 1. The largest absolute Gasteiger partial charge is 0.445 e. The number of rotatable bonds is 2. The van der Waals surface area contributed by atoms with Gasteiger partial charge in [-0.15, -0.1) is 0 Å². The van der Waals surface area contributed by atoms with E-state index in [2.05, 4.69) is 13.0 Å². The van der Waals surface area contributed by atoms with Crippen LogP contribution in [0.5, 0.6) is 0 Å². The first kappa shape index (κ1) is 16.5. The summed E-state index contributed by atoms with van der Waals surface area (Å²) >= 11 is 6.21. The van der Waals surface area contributed by atoms with Gasteiger partial charge in [-0.1, -0.05) is 54.4 Å². The molecular formula is C21H22ClNO2. The number of amides is 1. The number of piperidine rings is 1. The quantitative estimate of drug-likeness (QED) is 0.715. The molecule has 1 aliphatic heterocycles. The van der Waals surface area contributed by atoms with Crippen LogP contribution in [-0.2, 0) is 11.3 Å². The van der Waals surface area contributed by atoms with E-state index in [1.807, 2.05) is 48.2 Å². The smallest absolute Gasteiger partial charge is 0.410 e. The molecule has 1 heterocycles. The lowest BCUT2D eigenvalue weighted by atomic mass is 9.86. The zero-order valence-electron chi connectivity index (χ0n) is 14.5. The summed E-state index contributed by atoms with van der Waals surface area (Å²) in [5, 5.41) is 0.728. The minimum atomic E-state index is -0.233. The van der Waals surface area contributed by atoms with E-state index in [-0.39, 0.29) is 12.1 Å². The van der Waals surface area contributed by atoms with Crippen LogP contribution in [0.3, 0.4) is 0 Å². The third-order valence-corrected chi connectivity index (χ3v) is 5.87. The number of aryl methyl sites for hydroxylation is 1. The standard InChI is InChI=1S/C21H22ClNO2/c1-13-3-5-15(6-4-13)12-25-21(24)23-10-9-17-14(2)20(23)19-11-16(22)7-8-18(17)19/h3-8,11,14,17,20H,9-10,12H2,1-2H3/t14-,17?,20?/m0/s1. The Kier molecular flexibility index (Phi) is 4.20. The van der Waals surface area contributed by atoms with Crippen molar-refractivity contribution in [1.29, 1.82) is 0 Å². The summed E-state index contributed by atoms with van der Waals surface area (Å²) in [5.41, 5.74) is 4.74. The predicted octanol–water partition coefficient (Wildman–Crippen LogP) is 5.47. The van der Waals surface area contributed by atoms with E-state index in [4.69, 9.17) is 16.3 Å². The highest BCUT2D eigenvalue weighted by atomic mass is 35.5. The number of fused-ring (bicyclic) bond motifs is 5. The van der Waals surface area contributed by atoms with E-state index < -0.39 is 0 Å². The number of hydrogen-bond donors (Lipinski definition) is 0. The summed E-state index contributed by atoms with van der Waals surface area (Å²) in [7, 11) is 0. The van der Waals surface area contributed by atoms with Gasteiger partial charge in [-0.3, -0.25) is 0 Å². The van der Waals surface area contributed by atoms with Crippen molar-refractivity contribution in [3.05, 3.63) is 69.7 Å². The van der Waals surface area contributed by atoms with Crippen LogP contribution >= 0.6 is 11.6 Å². The summed E-state index contributed by atoms with van der Waals surface area (Å²) in [4.78, 5) is 14.6. The first-order chi connectivity index (χ1) is 12.0. The molecule has 2 bridgehead atoms. The van der Waals surface area contributed by atoms with Gasteiger partial charge in [0.15, 0.2) is 0 Å². The first-order valence-electron chi connectivity index (χ1n) is 8.83. The van der Waals surface area contributed by atoms with E-state index in [0.717, 1.165) is 23.6 Å². The fraction of sp³-hybridized carbons (Fsp3) is 0.381. The molecule has 0 aromatic heterocycles.